The van der Waals surface area contributed by atoms with E-state index in [1.54, 1.807) is 6.07 Å². The second-order valence-electron chi connectivity index (χ2n) is 2.99. The largest absolute Gasteiger partial charge is 0.381 e. The number of anilines is 1. The van der Waals surface area contributed by atoms with Crippen LogP contribution in [0.25, 0.3) is 5.69 Å². The third-order valence-corrected chi connectivity index (χ3v) is 2.30. The predicted molar refractivity (Wildman–Crippen MR) is 55.5 cm³/mol. The van der Waals surface area contributed by atoms with E-state index in [1.165, 1.54) is 11.0 Å². The molecule has 14 heavy (non-hydrogen) atoms. The Morgan fingerprint density at radius 1 is 1.43 bits per heavy atom. The van der Waals surface area contributed by atoms with Crippen molar-refractivity contribution in [3.05, 3.63) is 35.0 Å². The molecule has 0 bridgehead atoms. The van der Waals surface area contributed by atoms with Crippen molar-refractivity contribution in [2.75, 3.05) is 5.73 Å². The lowest BCUT2D eigenvalue weighted by Gasteiger charge is -2.01. The van der Waals surface area contributed by atoms with Crippen LogP contribution in [0.3, 0.4) is 0 Å². The molecule has 1 aromatic carbocycles. The summed E-state index contributed by atoms with van der Waals surface area (Å²) in [5.41, 5.74) is 7.28. The molecule has 0 fully saturated rings. The summed E-state index contributed by atoms with van der Waals surface area (Å²) >= 11 is 5.97. The molecule has 0 spiro atoms. The molecule has 0 aliphatic rings. The van der Waals surface area contributed by atoms with Gasteiger partial charge in [-0.15, -0.1) is 9.90 Å². The van der Waals surface area contributed by atoms with E-state index in [0.717, 1.165) is 11.3 Å². The monoisotopic (exact) mass is 208 g/mol. The standard InChI is InChI=1S/C9H9ClN4/c1-6-2-3-7(4-8(6)10)14-12-5-9(11)13-14/h2-5H,1H3,(H2,11,13). The molecule has 72 valence electrons. The number of aromatic nitrogens is 3. The van der Waals surface area contributed by atoms with Crippen LogP contribution in [0, 0.1) is 6.92 Å². The van der Waals surface area contributed by atoms with Gasteiger partial charge in [0.2, 0.25) is 0 Å². The van der Waals surface area contributed by atoms with Gasteiger partial charge in [-0.2, -0.15) is 5.10 Å². The van der Waals surface area contributed by atoms with Gasteiger partial charge in [0.15, 0.2) is 5.82 Å². The maximum absolute atomic E-state index is 5.97. The zero-order valence-corrected chi connectivity index (χ0v) is 8.36. The molecular formula is C9H9ClN4. The van der Waals surface area contributed by atoms with Gasteiger partial charge in [0.25, 0.3) is 0 Å². The van der Waals surface area contributed by atoms with Gasteiger partial charge in [0.05, 0.1) is 11.9 Å². The van der Waals surface area contributed by atoms with Crippen LogP contribution < -0.4 is 5.73 Å². The highest BCUT2D eigenvalue weighted by molar-refractivity contribution is 6.31. The molecule has 0 aliphatic carbocycles. The second-order valence-corrected chi connectivity index (χ2v) is 3.40. The number of nitrogens with zero attached hydrogens (tertiary/aromatic N) is 3. The van der Waals surface area contributed by atoms with Crippen molar-refractivity contribution >= 4 is 17.4 Å². The van der Waals surface area contributed by atoms with Crippen molar-refractivity contribution in [2.24, 2.45) is 0 Å². The lowest BCUT2D eigenvalue weighted by molar-refractivity contribution is 0.754. The second kappa shape index (κ2) is 3.31. The number of nitrogen functional groups attached to an aromatic ring is 1. The summed E-state index contributed by atoms with van der Waals surface area (Å²) in [5.74, 6) is 0.390. The SMILES string of the molecule is Cc1ccc(-n2ncc(N)n2)cc1Cl. The zero-order valence-electron chi connectivity index (χ0n) is 7.61. The highest BCUT2D eigenvalue weighted by Gasteiger charge is 2.02. The first-order valence-electron chi connectivity index (χ1n) is 4.11. The quantitative estimate of drug-likeness (QED) is 0.778. The highest BCUT2D eigenvalue weighted by atomic mass is 35.5. The highest BCUT2D eigenvalue weighted by Crippen LogP contribution is 2.18. The molecule has 0 aliphatic heterocycles. The van der Waals surface area contributed by atoms with Crippen molar-refractivity contribution in [1.29, 1.82) is 0 Å². The fraction of sp³-hybridized carbons (Fsp3) is 0.111. The first-order chi connectivity index (χ1) is 6.66. The minimum Gasteiger partial charge on any atom is -0.381 e. The molecule has 1 aromatic heterocycles. The van der Waals surface area contributed by atoms with Gasteiger partial charge in [0.1, 0.15) is 0 Å². The first kappa shape index (κ1) is 9.02. The van der Waals surface area contributed by atoms with Crippen LogP contribution in [0.15, 0.2) is 24.4 Å². The average molecular weight is 209 g/mol. The van der Waals surface area contributed by atoms with Crippen molar-refractivity contribution < 1.29 is 0 Å². The summed E-state index contributed by atoms with van der Waals surface area (Å²) in [7, 11) is 0. The summed E-state index contributed by atoms with van der Waals surface area (Å²) in [6.45, 7) is 1.94. The van der Waals surface area contributed by atoms with Gasteiger partial charge in [-0.25, -0.2) is 0 Å². The Morgan fingerprint density at radius 3 is 2.79 bits per heavy atom. The Labute approximate surface area is 86.3 Å². The number of nitrogens with two attached hydrogens (primary N) is 1. The molecule has 0 unspecified atom stereocenters. The minimum absolute atomic E-state index is 0.390. The maximum Gasteiger partial charge on any atom is 0.166 e. The molecular weight excluding hydrogens is 200 g/mol. The third-order valence-electron chi connectivity index (χ3n) is 1.90. The van der Waals surface area contributed by atoms with E-state index in [9.17, 15) is 0 Å². The molecule has 0 saturated heterocycles. The van der Waals surface area contributed by atoms with Crippen molar-refractivity contribution in [1.82, 2.24) is 15.0 Å². The van der Waals surface area contributed by atoms with Crippen LogP contribution in [-0.4, -0.2) is 15.0 Å². The Balaban J connectivity index is 2.47. The summed E-state index contributed by atoms with van der Waals surface area (Å²) in [6.07, 6.45) is 1.49. The van der Waals surface area contributed by atoms with E-state index in [4.69, 9.17) is 17.3 Å². The van der Waals surface area contributed by atoms with Crippen LogP contribution in [-0.2, 0) is 0 Å². The molecule has 4 nitrogen and oxygen atoms in total. The van der Waals surface area contributed by atoms with Gasteiger partial charge in [0, 0.05) is 5.02 Å². The molecule has 0 saturated carbocycles. The molecule has 2 rings (SSSR count). The summed E-state index contributed by atoms with van der Waals surface area (Å²) in [5, 5.41) is 8.65. The Hall–Kier alpha value is -1.55. The normalized spacial score (nSPS) is 10.4. The summed E-state index contributed by atoms with van der Waals surface area (Å²) in [6, 6.07) is 5.61. The van der Waals surface area contributed by atoms with Crippen LogP contribution in [0.1, 0.15) is 5.56 Å². The number of halogens is 1. The molecule has 0 amide bonds. The van der Waals surface area contributed by atoms with Crippen LogP contribution in [0.5, 0.6) is 0 Å². The number of hydrogen-bond donors (Lipinski definition) is 1. The van der Waals surface area contributed by atoms with Gasteiger partial charge in [-0.1, -0.05) is 17.7 Å². The summed E-state index contributed by atoms with van der Waals surface area (Å²) < 4.78 is 0. The number of rotatable bonds is 1. The van der Waals surface area contributed by atoms with E-state index in [2.05, 4.69) is 10.2 Å². The van der Waals surface area contributed by atoms with Crippen LogP contribution >= 0.6 is 11.6 Å². The minimum atomic E-state index is 0.390. The van der Waals surface area contributed by atoms with E-state index >= 15 is 0 Å². The Morgan fingerprint density at radius 2 is 2.21 bits per heavy atom. The fourth-order valence-electron chi connectivity index (χ4n) is 1.11. The Bertz CT molecular complexity index is 464. The number of hydrogen-bond acceptors (Lipinski definition) is 3. The van der Waals surface area contributed by atoms with Crippen LogP contribution in [0.4, 0.5) is 5.82 Å². The van der Waals surface area contributed by atoms with Gasteiger partial charge in [-0.3, -0.25) is 0 Å². The molecule has 2 N–H and O–H groups in total. The molecule has 2 aromatic rings. The van der Waals surface area contributed by atoms with Crippen molar-refractivity contribution in [3.8, 4) is 5.69 Å². The lowest BCUT2D eigenvalue weighted by Crippen LogP contribution is -1.99. The molecule has 5 heteroatoms. The Kier molecular flexibility index (Phi) is 2.13. The zero-order chi connectivity index (χ0) is 10.1. The van der Waals surface area contributed by atoms with Gasteiger partial charge >= 0.3 is 0 Å². The lowest BCUT2D eigenvalue weighted by atomic mass is 10.2. The fourth-order valence-corrected chi connectivity index (χ4v) is 1.28. The van der Waals surface area contributed by atoms with Gasteiger partial charge in [-0.05, 0) is 24.6 Å². The topological polar surface area (TPSA) is 56.7 Å². The molecule has 1 heterocycles. The summed E-state index contributed by atoms with van der Waals surface area (Å²) in [4.78, 5) is 1.45. The third kappa shape index (κ3) is 1.56. The number of aryl methyl sites for hydroxylation is 1. The first-order valence-corrected chi connectivity index (χ1v) is 4.49. The van der Waals surface area contributed by atoms with E-state index in [1.807, 2.05) is 19.1 Å². The van der Waals surface area contributed by atoms with E-state index in [0.29, 0.717) is 10.8 Å². The van der Waals surface area contributed by atoms with E-state index < -0.39 is 0 Å². The number of benzene rings is 1. The van der Waals surface area contributed by atoms with E-state index in [-0.39, 0.29) is 0 Å². The van der Waals surface area contributed by atoms with Crippen molar-refractivity contribution in [2.45, 2.75) is 6.92 Å². The smallest absolute Gasteiger partial charge is 0.166 e. The average Bonchev–Trinajstić information content (AvgIpc) is 2.57. The van der Waals surface area contributed by atoms with Crippen molar-refractivity contribution in [3.63, 3.8) is 0 Å². The maximum atomic E-state index is 5.97. The van der Waals surface area contributed by atoms with Crippen LogP contribution in [0.2, 0.25) is 5.02 Å². The predicted octanol–water partition coefficient (Wildman–Crippen LogP) is 1.81. The van der Waals surface area contributed by atoms with Gasteiger partial charge < -0.3 is 5.73 Å². The molecule has 0 atom stereocenters. The molecule has 0 radical (unpaired) electrons.